The maximum Gasteiger partial charge on any atom is 0.323 e. The average molecular weight is 394 g/mol. The summed E-state index contributed by atoms with van der Waals surface area (Å²) in [4.78, 5) is 11.7. The second-order valence-electron chi connectivity index (χ2n) is 4.18. The average Bonchev–Trinajstić information content (AvgIpc) is 2.50. The number of nitrogens with one attached hydrogen (secondary N) is 2. The van der Waals surface area contributed by atoms with Crippen molar-refractivity contribution in [1.82, 2.24) is 5.32 Å². The van der Waals surface area contributed by atoms with Gasteiger partial charge in [0, 0.05) is 21.0 Å². The molecule has 0 aromatic heterocycles. The molecule has 0 aliphatic carbocycles. The van der Waals surface area contributed by atoms with E-state index in [0.717, 1.165) is 20.6 Å². The van der Waals surface area contributed by atoms with E-state index >= 15 is 0 Å². The second kappa shape index (κ2) is 7.68. The molecule has 0 aliphatic rings. The molecule has 5 heteroatoms. The van der Waals surface area contributed by atoms with Gasteiger partial charge in [-0.25, -0.2) is 4.79 Å². The number of carbonyl (C=O) groups excluding carboxylic acids is 1. The van der Waals surface area contributed by atoms with E-state index in [1.807, 2.05) is 48.5 Å². The molecule has 0 atom stereocenters. The lowest BCUT2D eigenvalue weighted by Crippen LogP contribution is -2.23. The van der Waals surface area contributed by atoms with Crippen LogP contribution in [0.1, 0.15) is 5.56 Å². The summed E-state index contributed by atoms with van der Waals surface area (Å²) in [5, 5.41) is 5.41. The van der Waals surface area contributed by atoms with E-state index in [9.17, 15) is 4.79 Å². The molecule has 21 heavy (non-hydrogen) atoms. The van der Waals surface area contributed by atoms with Crippen LogP contribution < -0.4 is 15.4 Å². The Hall–Kier alpha value is -2.02. The number of hydrogen-bond donors (Lipinski definition) is 2. The van der Waals surface area contributed by atoms with Gasteiger partial charge < -0.3 is 15.4 Å². The van der Waals surface area contributed by atoms with Crippen LogP contribution >= 0.6 is 22.6 Å². The summed E-state index contributed by atoms with van der Waals surface area (Å²) in [6, 6.07) is 14.9. The van der Waals surface area contributed by atoms with Gasteiger partial charge in [-0.05, 0) is 59.0 Å². The van der Waals surface area contributed by atoms with Crippen LogP contribution in [-0.4, -0.2) is 13.1 Å². The van der Waals surface area contributed by atoms with Crippen LogP contribution in [0, 0.1) is 3.57 Å². The van der Waals surface area contributed by atoms with Gasteiger partial charge >= 0.3 is 6.03 Å². The van der Waals surface area contributed by atoms with Crippen molar-refractivity contribution in [2.45, 2.75) is 0 Å². The Labute approximate surface area is 137 Å². The summed E-state index contributed by atoms with van der Waals surface area (Å²) in [5.41, 5.74) is 1.65. The van der Waals surface area contributed by atoms with Crippen LogP contribution in [0.3, 0.4) is 0 Å². The molecule has 2 N–H and O–H groups in total. The van der Waals surface area contributed by atoms with Gasteiger partial charge in [0.05, 0.1) is 7.11 Å². The van der Waals surface area contributed by atoms with Crippen LogP contribution in [0.25, 0.3) is 6.08 Å². The standard InChI is InChI=1S/C16H15IN2O2/c1-21-15-5-3-2-4-12(15)10-11-18-16(20)19-14-8-6-13(17)7-9-14/h2-11H,1H3,(H2,18,19,20)/b11-10+. The lowest BCUT2D eigenvalue weighted by atomic mass is 10.2. The zero-order valence-corrected chi connectivity index (χ0v) is 13.6. The highest BCUT2D eigenvalue weighted by Crippen LogP contribution is 2.18. The molecule has 0 heterocycles. The summed E-state index contributed by atoms with van der Waals surface area (Å²) < 4.78 is 6.35. The first kappa shape index (κ1) is 15.4. The molecule has 2 aromatic carbocycles. The first-order valence-corrected chi connectivity index (χ1v) is 7.39. The molecule has 0 radical (unpaired) electrons. The van der Waals surface area contributed by atoms with Gasteiger partial charge in [-0.3, -0.25) is 0 Å². The van der Waals surface area contributed by atoms with Crippen molar-refractivity contribution >= 4 is 40.4 Å². The highest BCUT2D eigenvalue weighted by Gasteiger charge is 2.00. The van der Waals surface area contributed by atoms with Crippen molar-refractivity contribution in [3.8, 4) is 5.75 Å². The molecule has 2 amide bonds. The van der Waals surface area contributed by atoms with Gasteiger partial charge in [0.15, 0.2) is 0 Å². The Kier molecular flexibility index (Phi) is 5.62. The summed E-state index contributed by atoms with van der Waals surface area (Å²) >= 11 is 2.21. The molecular formula is C16H15IN2O2. The predicted octanol–water partition coefficient (Wildman–Crippen LogP) is 4.09. The number of halogens is 1. The fourth-order valence-electron chi connectivity index (χ4n) is 1.71. The molecule has 0 unspecified atom stereocenters. The number of rotatable bonds is 4. The summed E-state index contributed by atoms with van der Waals surface area (Å²) in [6.07, 6.45) is 3.37. The van der Waals surface area contributed by atoms with Gasteiger partial charge in [-0.1, -0.05) is 18.2 Å². The number of anilines is 1. The lowest BCUT2D eigenvalue weighted by Gasteiger charge is -2.05. The smallest absolute Gasteiger partial charge is 0.323 e. The van der Waals surface area contributed by atoms with Crippen LogP contribution in [0.4, 0.5) is 10.5 Å². The SMILES string of the molecule is COc1ccccc1/C=C/NC(=O)Nc1ccc(I)cc1. The van der Waals surface area contributed by atoms with E-state index in [1.165, 1.54) is 0 Å². The van der Waals surface area contributed by atoms with Gasteiger partial charge in [0.1, 0.15) is 5.75 Å². The molecule has 0 saturated carbocycles. The monoisotopic (exact) mass is 394 g/mol. The molecule has 0 saturated heterocycles. The van der Waals surface area contributed by atoms with Gasteiger partial charge in [-0.15, -0.1) is 0 Å². The fraction of sp³-hybridized carbons (Fsp3) is 0.0625. The largest absolute Gasteiger partial charge is 0.496 e. The molecule has 108 valence electrons. The fourth-order valence-corrected chi connectivity index (χ4v) is 2.07. The van der Waals surface area contributed by atoms with Crippen LogP contribution in [-0.2, 0) is 0 Å². The molecule has 0 spiro atoms. The van der Waals surface area contributed by atoms with E-state index in [-0.39, 0.29) is 6.03 Å². The van der Waals surface area contributed by atoms with Gasteiger partial charge in [0.2, 0.25) is 0 Å². The topological polar surface area (TPSA) is 50.4 Å². The molecule has 0 aliphatic heterocycles. The summed E-state index contributed by atoms with van der Waals surface area (Å²) in [7, 11) is 1.61. The van der Waals surface area contributed by atoms with Crippen LogP contribution in [0.15, 0.2) is 54.7 Å². The Morgan fingerprint density at radius 3 is 2.57 bits per heavy atom. The Morgan fingerprint density at radius 2 is 1.86 bits per heavy atom. The minimum atomic E-state index is -0.289. The predicted molar refractivity (Wildman–Crippen MR) is 93.3 cm³/mol. The van der Waals surface area contributed by atoms with Crippen molar-refractivity contribution in [2.24, 2.45) is 0 Å². The van der Waals surface area contributed by atoms with Crippen molar-refractivity contribution in [3.05, 3.63) is 63.9 Å². The summed E-state index contributed by atoms with van der Waals surface area (Å²) in [6.45, 7) is 0. The second-order valence-corrected chi connectivity index (χ2v) is 5.43. The molecular weight excluding hydrogens is 379 g/mol. The highest BCUT2D eigenvalue weighted by atomic mass is 127. The Balaban J connectivity index is 1.91. The van der Waals surface area contributed by atoms with Crippen LogP contribution in [0.5, 0.6) is 5.75 Å². The maximum absolute atomic E-state index is 11.7. The Morgan fingerprint density at radius 1 is 1.14 bits per heavy atom. The third-order valence-corrected chi connectivity index (χ3v) is 3.44. The normalized spacial score (nSPS) is 10.4. The number of methoxy groups -OCH3 is 1. The quantitative estimate of drug-likeness (QED) is 0.768. The van der Waals surface area contributed by atoms with E-state index in [4.69, 9.17) is 4.74 Å². The number of para-hydroxylation sites is 1. The maximum atomic E-state index is 11.7. The Bertz CT molecular complexity index is 639. The first-order chi connectivity index (χ1) is 10.2. The zero-order chi connectivity index (χ0) is 15.1. The van der Waals surface area contributed by atoms with E-state index in [0.29, 0.717) is 0 Å². The van der Waals surface area contributed by atoms with Crippen molar-refractivity contribution in [2.75, 3.05) is 12.4 Å². The highest BCUT2D eigenvalue weighted by molar-refractivity contribution is 14.1. The molecule has 2 rings (SSSR count). The third-order valence-electron chi connectivity index (χ3n) is 2.72. The first-order valence-electron chi connectivity index (χ1n) is 6.31. The van der Waals surface area contributed by atoms with E-state index in [1.54, 1.807) is 19.4 Å². The molecule has 0 fully saturated rings. The third kappa shape index (κ3) is 4.78. The van der Waals surface area contributed by atoms with Gasteiger partial charge in [0.25, 0.3) is 0 Å². The van der Waals surface area contributed by atoms with Crippen molar-refractivity contribution in [1.29, 1.82) is 0 Å². The molecule has 4 nitrogen and oxygen atoms in total. The number of carbonyl (C=O) groups is 1. The van der Waals surface area contributed by atoms with Gasteiger partial charge in [-0.2, -0.15) is 0 Å². The number of urea groups is 1. The summed E-state index contributed by atoms with van der Waals surface area (Å²) in [5.74, 6) is 0.758. The van der Waals surface area contributed by atoms with Crippen molar-refractivity contribution < 1.29 is 9.53 Å². The van der Waals surface area contributed by atoms with Crippen LogP contribution in [0.2, 0.25) is 0 Å². The number of hydrogen-bond acceptors (Lipinski definition) is 2. The molecule has 2 aromatic rings. The zero-order valence-electron chi connectivity index (χ0n) is 11.5. The number of amides is 2. The molecule has 0 bridgehead atoms. The minimum Gasteiger partial charge on any atom is -0.496 e. The number of benzene rings is 2. The van der Waals surface area contributed by atoms with Crippen molar-refractivity contribution in [3.63, 3.8) is 0 Å². The van der Waals surface area contributed by atoms with E-state index < -0.39 is 0 Å². The lowest BCUT2D eigenvalue weighted by molar-refractivity contribution is 0.255. The number of ether oxygens (including phenoxy) is 1. The van der Waals surface area contributed by atoms with E-state index in [2.05, 4.69) is 33.2 Å². The minimum absolute atomic E-state index is 0.289.